The molecule has 6 heteroatoms. The second-order valence-electron chi connectivity index (χ2n) is 5.56. The van der Waals surface area contributed by atoms with Crippen LogP contribution >= 0.6 is 23.2 Å². The molecule has 26 heavy (non-hydrogen) atoms. The van der Waals surface area contributed by atoms with E-state index in [1.807, 2.05) is 12.1 Å². The van der Waals surface area contributed by atoms with Gasteiger partial charge in [-0.05, 0) is 60.2 Å². The molecule has 0 bridgehead atoms. The molecule has 0 heterocycles. The summed E-state index contributed by atoms with van der Waals surface area (Å²) in [6.45, 7) is 0. The fraction of sp³-hybridized carbons (Fsp3) is 0.0500. The molecular formula is C20H15Cl2NO2S. The van der Waals surface area contributed by atoms with E-state index in [2.05, 4.69) is 5.32 Å². The molecule has 1 amide bonds. The second kappa shape index (κ2) is 8.49. The number of rotatable bonds is 5. The van der Waals surface area contributed by atoms with Crippen LogP contribution in [0.15, 0.2) is 77.7 Å². The molecule has 0 saturated carbocycles. The monoisotopic (exact) mass is 403 g/mol. The zero-order chi connectivity index (χ0) is 18.5. The van der Waals surface area contributed by atoms with Gasteiger partial charge in [0.05, 0.1) is 16.6 Å². The van der Waals surface area contributed by atoms with Crippen LogP contribution in [0.2, 0.25) is 10.0 Å². The molecule has 0 aliphatic heterocycles. The van der Waals surface area contributed by atoms with Crippen LogP contribution < -0.4 is 5.32 Å². The Hall–Kier alpha value is -2.14. The zero-order valence-corrected chi connectivity index (χ0v) is 15.9. The maximum absolute atomic E-state index is 12.6. The van der Waals surface area contributed by atoms with E-state index in [9.17, 15) is 9.00 Å². The highest BCUT2D eigenvalue weighted by molar-refractivity contribution is 7.84. The van der Waals surface area contributed by atoms with Crippen LogP contribution in [-0.2, 0) is 16.6 Å². The summed E-state index contributed by atoms with van der Waals surface area (Å²) >= 11 is 11.7. The lowest BCUT2D eigenvalue weighted by Gasteiger charge is -2.10. The molecule has 0 spiro atoms. The summed E-state index contributed by atoms with van der Waals surface area (Å²) in [4.78, 5) is 13.3. The molecule has 0 fully saturated rings. The third kappa shape index (κ3) is 4.73. The Balaban J connectivity index is 1.79. The molecule has 0 radical (unpaired) electrons. The molecule has 0 aliphatic carbocycles. The Bertz CT molecular complexity index is 941. The minimum absolute atomic E-state index is 0.242. The van der Waals surface area contributed by atoms with Gasteiger partial charge in [0.15, 0.2) is 0 Å². The summed E-state index contributed by atoms with van der Waals surface area (Å²) in [5.74, 6) is -0.0118. The molecule has 3 aromatic carbocycles. The first kappa shape index (κ1) is 18.6. The van der Waals surface area contributed by atoms with Gasteiger partial charge < -0.3 is 5.32 Å². The minimum atomic E-state index is -1.28. The fourth-order valence-corrected chi connectivity index (χ4v) is 3.80. The third-order valence-corrected chi connectivity index (χ3v) is 5.60. The van der Waals surface area contributed by atoms with E-state index < -0.39 is 10.8 Å². The first-order valence-corrected chi connectivity index (χ1v) is 9.89. The lowest BCUT2D eigenvalue weighted by atomic mass is 10.1. The topological polar surface area (TPSA) is 46.2 Å². The van der Waals surface area contributed by atoms with Crippen molar-refractivity contribution < 1.29 is 9.00 Å². The Morgan fingerprint density at radius 2 is 1.42 bits per heavy atom. The fourth-order valence-electron chi connectivity index (χ4n) is 2.41. The highest BCUT2D eigenvalue weighted by atomic mass is 35.5. The standard InChI is InChI=1S/C20H15Cl2NO2S/c21-15-5-9-17(10-6-15)23-20(24)19-4-2-1-3-14(19)13-26(25)18-11-7-16(22)8-12-18/h1-12H,13H2,(H,23,24). The van der Waals surface area contributed by atoms with Gasteiger partial charge in [-0.25, -0.2) is 0 Å². The van der Waals surface area contributed by atoms with Gasteiger partial charge in [0.2, 0.25) is 0 Å². The lowest BCUT2D eigenvalue weighted by Crippen LogP contribution is -2.15. The van der Waals surface area contributed by atoms with Crippen LogP contribution in [0.3, 0.4) is 0 Å². The van der Waals surface area contributed by atoms with Crippen molar-refractivity contribution in [2.24, 2.45) is 0 Å². The predicted molar refractivity (Wildman–Crippen MR) is 107 cm³/mol. The first-order chi connectivity index (χ1) is 12.5. The van der Waals surface area contributed by atoms with E-state index >= 15 is 0 Å². The van der Waals surface area contributed by atoms with Gasteiger partial charge in [0.25, 0.3) is 5.91 Å². The van der Waals surface area contributed by atoms with Crippen molar-refractivity contribution in [3.8, 4) is 0 Å². The van der Waals surface area contributed by atoms with Crippen molar-refractivity contribution in [1.82, 2.24) is 0 Å². The number of carbonyl (C=O) groups is 1. The number of benzene rings is 3. The van der Waals surface area contributed by atoms with E-state index in [-0.39, 0.29) is 11.7 Å². The van der Waals surface area contributed by atoms with E-state index in [0.717, 1.165) is 0 Å². The summed E-state index contributed by atoms with van der Waals surface area (Å²) in [6, 6.07) is 20.9. The molecule has 3 rings (SSSR count). The molecule has 1 N–H and O–H groups in total. The number of halogens is 2. The quantitative estimate of drug-likeness (QED) is 0.606. The van der Waals surface area contributed by atoms with Gasteiger partial charge >= 0.3 is 0 Å². The Kier molecular flexibility index (Phi) is 6.09. The van der Waals surface area contributed by atoms with Crippen molar-refractivity contribution in [1.29, 1.82) is 0 Å². The summed E-state index contributed by atoms with van der Waals surface area (Å²) in [6.07, 6.45) is 0. The van der Waals surface area contributed by atoms with Gasteiger partial charge in [-0.2, -0.15) is 0 Å². The molecule has 1 unspecified atom stereocenters. The Morgan fingerprint density at radius 3 is 2.08 bits per heavy atom. The van der Waals surface area contributed by atoms with Crippen LogP contribution in [-0.4, -0.2) is 10.1 Å². The summed E-state index contributed by atoms with van der Waals surface area (Å²) < 4.78 is 12.6. The SMILES string of the molecule is O=C(Nc1ccc(Cl)cc1)c1ccccc1CS(=O)c1ccc(Cl)cc1. The van der Waals surface area contributed by atoms with Gasteiger partial charge in [0, 0.05) is 26.2 Å². The number of hydrogen-bond donors (Lipinski definition) is 1. The van der Waals surface area contributed by atoms with Crippen molar-refractivity contribution in [3.05, 3.63) is 94.0 Å². The number of hydrogen-bond acceptors (Lipinski definition) is 2. The van der Waals surface area contributed by atoms with Crippen molar-refractivity contribution in [2.45, 2.75) is 10.6 Å². The molecular weight excluding hydrogens is 389 g/mol. The number of carbonyl (C=O) groups excluding carboxylic acids is 1. The third-order valence-electron chi connectivity index (χ3n) is 3.73. The summed E-state index contributed by atoms with van der Waals surface area (Å²) in [5, 5.41) is 4.02. The minimum Gasteiger partial charge on any atom is -0.322 e. The zero-order valence-electron chi connectivity index (χ0n) is 13.6. The van der Waals surface area contributed by atoms with E-state index in [1.54, 1.807) is 60.7 Å². The van der Waals surface area contributed by atoms with Gasteiger partial charge in [-0.15, -0.1) is 0 Å². The van der Waals surface area contributed by atoms with Crippen LogP contribution in [0.1, 0.15) is 15.9 Å². The van der Waals surface area contributed by atoms with Crippen LogP contribution in [0.25, 0.3) is 0 Å². The van der Waals surface area contributed by atoms with Crippen LogP contribution in [0, 0.1) is 0 Å². The molecule has 132 valence electrons. The van der Waals surface area contributed by atoms with Crippen LogP contribution in [0.5, 0.6) is 0 Å². The van der Waals surface area contributed by atoms with Gasteiger partial charge in [-0.3, -0.25) is 9.00 Å². The first-order valence-electron chi connectivity index (χ1n) is 7.82. The maximum atomic E-state index is 12.6. The van der Waals surface area contributed by atoms with E-state index in [4.69, 9.17) is 23.2 Å². The van der Waals surface area contributed by atoms with Crippen molar-refractivity contribution >= 4 is 45.6 Å². The molecule has 0 saturated heterocycles. The highest BCUT2D eigenvalue weighted by Gasteiger charge is 2.14. The molecule has 1 atom stereocenters. The predicted octanol–water partition coefficient (Wildman–Crippen LogP) is 5.55. The summed E-state index contributed by atoms with van der Waals surface area (Å²) in [5.41, 5.74) is 1.85. The largest absolute Gasteiger partial charge is 0.322 e. The number of nitrogens with one attached hydrogen (secondary N) is 1. The maximum Gasteiger partial charge on any atom is 0.255 e. The Morgan fingerprint density at radius 1 is 0.846 bits per heavy atom. The molecule has 3 nitrogen and oxygen atoms in total. The molecule has 0 aliphatic rings. The number of amides is 1. The average molecular weight is 404 g/mol. The average Bonchev–Trinajstić information content (AvgIpc) is 2.64. The molecule has 0 aromatic heterocycles. The van der Waals surface area contributed by atoms with Crippen LogP contribution in [0.4, 0.5) is 5.69 Å². The smallest absolute Gasteiger partial charge is 0.255 e. The van der Waals surface area contributed by atoms with Gasteiger partial charge in [0.1, 0.15) is 0 Å². The normalized spacial score (nSPS) is 11.8. The Labute approximate surface area is 164 Å². The van der Waals surface area contributed by atoms with E-state index in [0.29, 0.717) is 31.8 Å². The highest BCUT2D eigenvalue weighted by Crippen LogP contribution is 2.20. The lowest BCUT2D eigenvalue weighted by molar-refractivity contribution is 0.102. The van der Waals surface area contributed by atoms with Gasteiger partial charge in [-0.1, -0.05) is 41.4 Å². The second-order valence-corrected chi connectivity index (χ2v) is 7.89. The van der Waals surface area contributed by atoms with Crippen molar-refractivity contribution in [2.75, 3.05) is 5.32 Å². The number of anilines is 1. The van der Waals surface area contributed by atoms with Crippen molar-refractivity contribution in [3.63, 3.8) is 0 Å². The van der Waals surface area contributed by atoms with E-state index in [1.165, 1.54) is 0 Å². The molecule has 3 aromatic rings. The summed E-state index contributed by atoms with van der Waals surface area (Å²) in [7, 11) is -1.28.